The lowest BCUT2D eigenvalue weighted by Crippen LogP contribution is -2.36. The first kappa shape index (κ1) is 12.5. The molecule has 88 valence electrons. The smallest absolute Gasteiger partial charge is 0.217 e. The number of carbonyl (C=O) groups is 1. The van der Waals surface area contributed by atoms with Gasteiger partial charge in [0.15, 0.2) is 0 Å². The van der Waals surface area contributed by atoms with E-state index in [-0.39, 0.29) is 24.2 Å². The molecule has 0 aromatic heterocycles. The normalized spacial score (nSPS) is 28.5. The fourth-order valence-electron chi connectivity index (χ4n) is 1.88. The van der Waals surface area contributed by atoms with Gasteiger partial charge in [0, 0.05) is 13.0 Å². The van der Waals surface area contributed by atoms with Crippen LogP contribution in [0.4, 0.5) is 0 Å². The van der Waals surface area contributed by atoms with Crippen LogP contribution < -0.4 is 5.32 Å². The molecule has 4 heteroatoms. The number of aliphatic hydroxyl groups excluding tert-OH is 1. The van der Waals surface area contributed by atoms with Crippen LogP contribution in [0.25, 0.3) is 0 Å². The van der Waals surface area contributed by atoms with Gasteiger partial charge in [-0.2, -0.15) is 0 Å². The molecule has 0 unspecified atom stereocenters. The third-order valence-electron chi connectivity index (χ3n) is 2.68. The summed E-state index contributed by atoms with van der Waals surface area (Å²) < 4.78 is 5.67. The molecule has 0 aliphatic heterocycles. The first-order valence-electron chi connectivity index (χ1n) is 5.64. The molecule has 4 nitrogen and oxygen atoms in total. The van der Waals surface area contributed by atoms with Crippen LogP contribution in [0.15, 0.2) is 0 Å². The number of hydrogen-bond acceptors (Lipinski definition) is 3. The average molecular weight is 215 g/mol. The largest absolute Gasteiger partial charge is 0.393 e. The predicted molar refractivity (Wildman–Crippen MR) is 57.5 cm³/mol. The fourth-order valence-corrected chi connectivity index (χ4v) is 1.88. The van der Waals surface area contributed by atoms with Crippen molar-refractivity contribution in [2.24, 2.45) is 0 Å². The summed E-state index contributed by atoms with van der Waals surface area (Å²) in [7, 11) is 0. The Balaban J connectivity index is 2.11. The molecule has 1 fully saturated rings. The Hall–Kier alpha value is -0.610. The summed E-state index contributed by atoms with van der Waals surface area (Å²) in [5.41, 5.74) is 0. The molecule has 2 N–H and O–H groups in total. The van der Waals surface area contributed by atoms with Crippen LogP contribution >= 0.6 is 0 Å². The molecule has 0 heterocycles. The Morgan fingerprint density at radius 3 is 2.60 bits per heavy atom. The first-order valence-corrected chi connectivity index (χ1v) is 5.64. The Morgan fingerprint density at radius 1 is 1.47 bits per heavy atom. The molecule has 1 aliphatic carbocycles. The summed E-state index contributed by atoms with van der Waals surface area (Å²) >= 11 is 0. The lowest BCUT2D eigenvalue weighted by Gasteiger charge is -2.26. The van der Waals surface area contributed by atoms with Gasteiger partial charge in [-0.05, 0) is 32.6 Å². The van der Waals surface area contributed by atoms with E-state index in [1.807, 2.05) is 6.92 Å². The SMILES string of the molecule is CC(=O)N[C@@H](C)COC1CCC(O)CC1. The third kappa shape index (κ3) is 5.14. The van der Waals surface area contributed by atoms with Crippen molar-refractivity contribution in [2.75, 3.05) is 6.61 Å². The van der Waals surface area contributed by atoms with Gasteiger partial charge in [0.1, 0.15) is 0 Å². The van der Waals surface area contributed by atoms with E-state index >= 15 is 0 Å². The molecule has 1 amide bonds. The highest BCUT2D eigenvalue weighted by atomic mass is 16.5. The van der Waals surface area contributed by atoms with E-state index in [0.29, 0.717) is 6.61 Å². The topological polar surface area (TPSA) is 58.6 Å². The van der Waals surface area contributed by atoms with Crippen molar-refractivity contribution < 1.29 is 14.6 Å². The van der Waals surface area contributed by atoms with Crippen LogP contribution in [0.5, 0.6) is 0 Å². The molecule has 0 radical (unpaired) electrons. The van der Waals surface area contributed by atoms with Gasteiger partial charge in [0.2, 0.25) is 5.91 Å². The number of aliphatic hydroxyl groups is 1. The standard InChI is InChI=1S/C11H21NO3/c1-8(12-9(2)13)7-15-11-5-3-10(14)4-6-11/h8,10-11,14H,3-7H2,1-2H3,(H,12,13)/t8-,10?,11?/m0/s1. The highest BCUT2D eigenvalue weighted by Gasteiger charge is 2.20. The molecular weight excluding hydrogens is 194 g/mol. The van der Waals surface area contributed by atoms with Crippen molar-refractivity contribution >= 4 is 5.91 Å². The van der Waals surface area contributed by atoms with Gasteiger partial charge in [-0.3, -0.25) is 4.79 Å². The van der Waals surface area contributed by atoms with Gasteiger partial charge >= 0.3 is 0 Å². The van der Waals surface area contributed by atoms with Gasteiger partial charge in [-0.1, -0.05) is 0 Å². The fraction of sp³-hybridized carbons (Fsp3) is 0.909. The highest BCUT2D eigenvalue weighted by molar-refractivity contribution is 5.73. The van der Waals surface area contributed by atoms with Crippen molar-refractivity contribution in [1.82, 2.24) is 5.32 Å². The van der Waals surface area contributed by atoms with Crippen LogP contribution in [0.3, 0.4) is 0 Å². The lowest BCUT2D eigenvalue weighted by molar-refractivity contribution is -0.120. The van der Waals surface area contributed by atoms with E-state index in [0.717, 1.165) is 25.7 Å². The average Bonchev–Trinajstić information content (AvgIpc) is 2.16. The Morgan fingerprint density at radius 2 is 2.07 bits per heavy atom. The van der Waals surface area contributed by atoms with E-state index in [9.17, 15) is 9.90 Å². The second-order valence-electron chi connectivity index (χ2n) is 4.37. The number of nitrogens with one attached hydrogen (secondary N) is 1. The highest BCUT2D eigenvalue weighted by Crippen LogP contribution is 2.20. The minimum absolute atomic E-state index is 0.0230. The molecule has 1 aliphatic rings. The maximum absolute atomic E-state index is 10.7. The van der Waals surface area contributed by atoms with Crippen LogP contribution in [0, 0.1) is 0 Å². The molecule has 0 spiro atoms. The molecule has 0 aromatic carbocycles. The molecule has 1 saturated carbocycles. The van der Waals surface area contributed by atoms with E-state index < -0.39 is 0 Å². The minimum Gasteiger partial charge on any atom is -0.393 e. The zero-order valence-electron chi connectivity index (χ0n) is 9.53. The summed E-state index contributed by atoms with van der Waals surface area (Å²) in [6.45, 7) is 3.99. The Kier molecular flexibility index (Phi) is 5.05. The van der Waals surface area contributed by atoms with Gasteiger partial charge in [0.25, 0.3) is 0 Å². The summed E-state index contributed by atoms with van der Waals surface area (Å²) in [4.78, 5) is 10.7. The van der Waals surface area contributed by atoms with E-state index in [4.69, 9.17) is 4.74 Å². The predicted octanol–water partition coefficient (Wildman–Crippen LogP) is 0.831. The van der Waals surface area contributed by atoms with Gasteiger partial charge in [-0.25, -0.2) is 0 Å². The van der Waals surface area contributed by atoms with Crippen molar-refractivity contribution in [3.8, 4) is 0 Å². The first-order chi connectivity index (χ1) is 7.08. The van der Waals surface area contributed by atoms with Crippen molar-refractivity contribution in [3.05, 3.63) is 0 Å². The number of rotatable bonds is 4. The molecule has 1 rings (SSSR count). The maximum Gasteiger partial charge on any atom is 0.217 e. The van der Waals surface area contributed by atoms with Crippen LogP contribution in [-0.4, -0.2) is 35.9 Å². The number of hydrogen-bond donors (Lipinski definition) is 2. The van der Waals surface area contributed by atoms with Crippen LogP contribution in [0.1, 0.15) is 39.5 Å². The quantitative estimate of drug-likeness (QED) is 0.730. The minimum atomic E-state index is -0.141. The van der Waals surface area contributed by atoms with Crippen molar-refractivity contribution in [2.45, 2.75) is 57.8 Å². The Labute approximate surface area is 91.0 Å². The summed E-state index contributed by atoms with van der Waals surface area (Å²) in [5.74, 6) is -0.0230. The zero-order valence-corrected chi connectivity index (χ0v) is 9.53. The van der Waals surface area contributed by atoms with Crippen molar-refractivity contribution in [3.63, 3.8) is 0 Å². The molecular formula is C11H21NO3. The van der Waals surface area contributed by atoms with Gasteiger partial charge < -0.3 is 15.2 Å². The monoisotopic (exact) mass is 215 g/mol. The van der Waals surface area contributed by atoms with Crippen LogP contribution in [-0.2, 0) is 9.53 Å². The molecule has 0 bridgehead atoms. The van der Waals surface area contributed by atoms with Gasteiger partial charge in [-0.15, -0.1) is 0 Å². The van der Waals surface area contributed by atoms with E-state index in [1.54, 1.807) is 0 Å². The summed E-state index contributed by atoms with van der Waals surface area (Å²) in [6.07, 6.45) is 3.63. The number of amides is 1. The van der Waals surface area contributed by atoms with Crippen molar-refractivity contribution in [1.29, 1.82) is 0 Å². The second-order valence-corrected chi connectivity index (χ2v) is 4.37. The zero-order chi connectivity index (χ0) is 11.3. The van der Waals surface area contributed by atoms with Gasteiger partial charge in [0.05, 0.1) is 18.8 Å². The molecule has 1 atom stereocenters. The Bertz CT molecular complexity index is 200. The number of carbonyl (C=O) groups excluding carboxylic acids is 1. The molecule has 0 aromatic rings. The molecule has 15 heavy (non-hydrogen) atoms. The van der Waals surface area contributed by atoms with E-state index in [1.165, 1.54) is 6.92 Å². The summed E-state index contributed by atoms with van der Waals surface area (Å²) in [5, 5.41) is 12.1. The second kappa shape index (κ2) is 6.08. The molecule has 0 saturated heterocycles. The lowest BCUT2D eigenvalue weighted by atomic mass is 9.95. The third-order valence-corrected chi connectivity index (χ3v) is 2.68. The summed E-state index contributed by atoms with van der Waals surface area (Å²) in [6, 6.07) is 0.0642. The van der Waals surface area contributed by atoms with E-state index in [2.05, 4.69) is 5.32 Å². The maximum atomic E-state index is 10.7. The van der Waals surface area contributed by atoms with Crippen LogP contribution in [0.2, 0.25) is 0 Å². The number of ether oxygens (including phenoxy) is 1.